The highest BCUT2D eigenvalue weighted by Gasteiger charge is 2.15. The predicted octanol–water partition coefficient (Wildman–Crippen LogP) is 4.32. The van der Waals surface area contributed by atoms with Gasteiger partial charge in [0.05, 0.1) is 12.2 Å². The summed E-state index contributed by atoms with van der Waals surface area (Å²) >= 11 is 8.48. The van der Waals surface area contributed by atoms with Gasteiger partial charge in [-0.3, -0.25) is 30.6 Å². The Morgan fingerprint density at radius 1 is 0.970 bits per heavy atom. The highest BCUT2D eigenvalue weighted by atomic mass is 79.9. The molecule has 10 heteroatoms. The first-order valence-corrected chi connectivity index (χ1v) is 11.7. The van der Waals surface area contributed by atoms with Gasteiger partial charge >= 0.3 is 0 Å². The molecule has 0 heterocycles. The zero-order valence-electron chi connectivity index (χ0n) is 18.5. The molecule has 0 aliphatic carbocycles. The topological polar surface area (TPSA) is 109 Å². The molecule has 0 bridgehead atoms. The summed E-state index contributed by atoms with van der Waals surface area (Å²) in [6, 6.07) is 11.5. The number of hydrazine groups is 1. The zero-order chi connectivity index (χ0) is 24.2. The number of halogens is 1. The highest BCUT2D eigenvalue weighted by Crippen LogP contribution is 2.23. The number of rotatable bonds is 9. The van der Waals surface area contributed by atoms with Crippen LogP contribution in [-0.2, 0) is 4.79 Å². The minimum absolute atomic E-state index is 0.0721. The Morgan fingerprint density at radius 2 is 1.70 bits per heavy atom. The molecule has 176 valence electrons. The van der Waals surface area contributed by atoms with Crippen LogP contribution in [0.25, 0.3) is 0 Å². The molecule has 0 aromatic heterocycles. The summed E-state index contributed by atoms with van der Waals surface area (Å²) in [7, 11) is 0. The second-order valence-electron chi connectivity index (χ2n) is 7.17. The number of amides is 3. The van der Waals surface area contributed by atoms with Crippen LogP contribution < -0.4 is 26.2 Å². The first-order valence-electron chi connectivity index (χ1n) is 10.5. The molecule has 0 spiro atoms. The lowest BCUT2D eigenvalue weighted by molar-refractivity contribution is -0.114. The van der Waals surface area contributed by atoms with E-state index in [0.29, 0.717) is 29.2 Å². The second kappa shape index (κ2) is 13.5. The third kappa shape index (κ3) is 9.19. The predicted molar refractivity (Wildman–Crippen MR) is 135 cm³/mol. The lowest BCUT2D eigenvalue weighted by Gasteiger charge is -2.14. The van der Waals surface area contributed by atoms with E-state index in [9.17, 15) is 14.4 Å². The SMILES string of the molecule is CCCCCCOc1ccc(Br)cc1C(=O)NC(=S)NNC(=O)c1ccc(NC(C)=O)cc1. The van der Waals surface area contributed by atoms with E-state index >= 15 is 0 Å². The minimum atomic E-state index is -0.466. The standard InChI is InChI=1S/C23H27BrN4O4S/c1-3-4-5-6-13-32-20-12-9-17(24)14-19(20)22(31)26-23(33)28-27-21(30)16-7-10-18(11-8-16)25-15(2)29/h7-12,14H,3-6,13H2,1-2H3,(H,25,29)(H,27,30)(H2,26,28,31,33). The van der Waals surface area contributed by atoms with Crippen molar-refractivity contribution in [1.29, 1.82) is 0 Å². The number of carbonyl (C=O) groups excluding carboxylic acids is 3. The number of unbranched alkanes of at least 4 members (excludes halogenated alkanes) is 3. The van der Waals surface area contributed by atoms with Crippen LogP contribution in [-0.4, -0.2) is 29.4 Å². The van der Waals surface area contributed by atoms with Crippen LogP contribution in [0.4, 0.5) is 5.69 Å². The fraction of sp³-hybridized carbons (Fsp3) is 0.304. The molecule has 0 atom stereocenters. The van der Waals surface area contributed by atoms with E-state index in [1.54, 1.807) is 42.5 Å². The molecule has 33 heavy (non-hydrogen) atoms. The number of hydrogen-bond donors (Lipinski definition) is 4. The van der Waals surface area contributed by atoms with Crippen LogP contribution in [0.2, 0.25) is 0 Å². The first-order chi connectivity index (χ1) is 15.8. The van der Waals surface area contributed by atoms with E-state index in [4.69, 9.17) is 17.0 Å². The summed E-state index contributed by atoms with van der Waals surface area (Å²) in [6.45, 7) is 4.05. The Labute approximate surface area is 206 Å². The molecule has 8 nitrogen and oxygen atoms in total. The van der Waals surface area contributed by atoms with Crippen LogP contribution in [0.15, 0.2) is 46.9 Å². The van der Waals surface area contributed by atoms with Gasteiger partial charge in [-0.2, -0.15) is 0 Å². The lowest BCUT2D eigenvalue weighted by atomic mass is 10.2. The molecule has 0 unspecified atom stereocenters. The Kier molecular flexibility index (Phi) is 10.8. The molecule has 0 aliphatic rings. The van der Waals surface area contributed by atoms with Gasteiger partial charge in [0.1, 0.15) is 5.75 Å². The quantitative estimate of drug-likeness (QED) is 0.217. The van der Waals surface area contributed by atoms with Gasteiger partial charge in [0.15, 0.2) is 5.11 Å². The van der Waals surface area contributed by atoms with Crippen LogP contribution >= 0.6 is 28.1 Å². The van der Waals surface area contributed by atoms with Crippen molar-refractivity contribution in [3.63, 3.8) is 0 Å². The summed E-state index contributed by atoms with van der Waals surface area (Å²) < 4.78 is 6.51. The van der Waals surface area contributed by atoms with Crippen molar-refractivity contribution in [2.45, 2.75) is 39.5 Å². The Hall–Kier alpha value is -2.98. The van der Waals surface area contributed by atoms with E-state index in [0.717, 1.165) is 30.2 Å². The van der Waals surface area contributed by atoms with Gasteiger partial charge in [-0.05, 0) is 61.1 Å². The maximum Gasteiger partial charge on any atom is 0.269 e. The number of carbonyl (C=O) groups is 3. The smallest absolute Gasteiger partial charge is 0.269 e. The van der Waals surface area contributed by atoms with E-state index in [1.165, 1.54) is 6.92 Å². The van der Waals surface area contributed by atoms with Gasteiger partial charge in [-0.25, -0.2) is 0 Å². The summed E-state index contributed by atoms with van der Waals surface area (Å²) in [5.74, 6) is -0.672. The molecule has 0 saturated carbocycles. The molecule has 2 rings (SSSR count). The average Bonchev–Trinajstić information content (AvgIpc) is 2.78. The third-order valence-electron chi connectivity index (χ3n) is 4.43. The third-order valence-corrected chi connectivity index (χ3v) is 5.12. The Bertz CT molecular complexity index is 998. The molecule has 3 amide bonds. The van der Waals surface area contributed by atoms with Crippen LogP contribution in [0.3, 0.4) is 0 Å². The van der Waals surface area contributed by atoms with Gasteiger partial charge in [-0.15, -0.1) is 0 Å². The normalized spacial score (nSPS) is 10.2. The average molecular weight is 535 g/mol. The number of thiocarbonyl (C=S) groups is 1. The van der Waals surface area contributed by atoms with Gasteiger partial charge in [-0.1, -0.05) is 42.1 Å². The van der Waals surface area contributed by atoms with Crippen molar-refractivity contribution >= 4 is 56.7 Å². The minimum Gasteiger partial charge on any atom is -0.493 e. The number of anilines is 1. The summed E-state index contributed by atoms with van der Waals surface area (Å²) in [4.78, 5) is 36.1. The molecule has 0 saturated heterocycles. The molecule has 0 radical (unpaired) electrons. The molecular formula is C23H27BrN4O4S. The van der Waals surface area contributed by atoms with E-state index in [2.05, 4.69) is 44.3 Å². The fourth-order valence-corrected chi connectivity index (χ4v) is 3.32. The van der Waals surface area contributed by atoms with E-state index in [1.807, 2.05) is 0 Å². The number of hydrogen-bond acceptors (Lipinski definition) is 5. The molecule has 2 aromatic rings. The lowest BCUT2D eigenvalue weighted by Crippen LogP contribution is -2.48. The van der Waals surface area contributed by atoms with Crippen molar-refractivity contribution in [3.05, 3.63) is 58.1 Å². The first kappa shape index (κ1) is 26.3. The second-order valence-corrected chi connectivity index (χ2v) is 8.49. The largest absolute Gasteiger partial charge is 0.493 e. The number of benzene rings is 2. The molecular weight excluding hydrogens is 508 g/mol. The van der Waals surface area contributed by atoms with Crippen molar-refractivity contribution in [2.24, 2.45) is 0 Å². The molecule has 0 fully saturated rings. The maximum absolute atomic E-state index is 12.7. The zero-order valence-corrected chi connectivity index (χ0v) is 20.9. The Morgan fingerprint density at radius 3 is 2.36 bits per heavy atom. The van der Waals surface area contributed by atoms with Crippen molar-refractivity contribution in [3.8, 4) is 5.75 Å². The van der Waals surface area contributed by atoms with Gasteiger partial charge in [0.2, 0.25) is 5.91 Å². The highest BCUT2D eigenvalue weighted by molar-refractivity contribution is 9.10. The maximum atomic E-state index is 12.7. The fourth-order valence-electron chi connectivity index (χ4n) is 2.81. The molecule has 2 aromatic carbocycles. The Balaban J connectivity index is 1.89. The monoisotopic (exact) mass is 534 g/mol. The van der Waals surface area contributed by atoms with Crippen molar-refractivity contribution < 1.29 is 19.1 Å². The van der Waals surface area contributed by atoms with Gasteiger partial charge in [0, 0.05) is 22.6 Å². The van der Waals surface area contributed by atoms with Crippen molar-refractivity contribution in [2.75, 3.05) is 11.9 Å². The number of nitrogens with one attached hydrogen (secondary N) is 4. The summed E-state index contributed by atoms with van der Waals surface area (Å²) in [5, 5.41) is 5.08. The number of ether oxygens (including phenoxy) is 1. The van der Waals surface area contributed by atoms with Crippen molar-refractivity contribution in [1.82, 2.24) is 16.2 Å². The van der Waals surface area contributed by atoms with Gasteiger partial charge in [0.25, 0.3) is 11.8 Å². The van der Waals surface area contributed by atoms with E-state index < -0.39 is 11.8 Å². The molecule has 0 aliphatic heterocycles. The van der Waals surface area contributed by atoms with Gasteiger partial charge < -0.3 is 10.1 Å². The van der Waals surface area contributed by atoms with E-state index in [-0.39, 0.29) is 11.0 Å². The van der Waals surface area contributed by atoms with Crippen LogP contribution in [0.1, 0.15) is 60.2 Å². The van der Waals surface area contributed by atoms with Crippen LogP contribution in [0, 0.1) is 0 Å². The summed E-state index contributed by atoms with van der Waals surface area (Å²) in [6.07, 6.45) is 4.25. The van der Waals surface area contributed by atoms with Crippen LogP contribution in [0.5, 0.6) is 5.75 Å². The molecule has 4 N–H and O–H groups in total. The summed E-state index contributed by atoms with van der Waals surface area (Å²) in [5.41, 5.74) is 6.17.